The van der Waals surface area contributed by atoms with Gasteiger partial charge in [-0.05, 0) is 30.7 Å². The van der Waals surface area contributed by atoms with Gasteiger partial charge in [-0.1, -0.05) is 15.9 Å². The minimum atomic E-state index is -0.667. The summed E-state index contributed by atoms with van der Waals surface area (Å²) in [6, 6.07) is 4.64. The predicted octanol–water partition coefficient (Wildman–Crippen LogP) is 3.07. The Hall–Kier alpha value is -2.52. The van der Waals surface area contributed by atoms with Crippen molar-refractivity contribution in [2.24, 2.45) is 7.05 Å². The second kappa shape index (κ2) is 7.00. The summed E-state index contributed by atoms with van der Waals surface area (Å²) < 4.78 is 12.1. The lowest BCUT2D eigenvalue weighted by Gasteiger charge is -2.09. The van der Waals surface area contributed by atoms with E-state index in [0.29, 0.717) is 20.3 Å². The van der Waals surface area contributed by atoms with E-state index in [9.17, 15) is 14.4 Å². The molecular formula is C17H13BrN2O5S. The molecule has 134 valence electrons. The highest BCUT2D eigenvalue weighted by molar-refractivity contribution is 9.10. The van der Waals surface area contributed by atoms with Crippen LogP contribution in [0.15, 0.2) is 33.8 Å². The van der Waals surface area contributed by atoms with Gasteiger partial charge in [-0.3, -0.25) is 4.79 Å². The van der Waals surface area contributed by atoms with Crippen LogP contribution < -0.4 is 10.3 Å². The SMILES string of the molecule is COC(=O)c1cc(Br)ccc1OC(=O)c1sc2ncn(C)c(=O)c2c1C. The van der Waals surface area contributed by atoms with Gasteiger partial charge in [-0.15, -0.1) is 11.3 Å². The molecule has 0 fully saturated rings. The van der Waals surface area contributed by atoms with Crippen LogP contribution in [0.5, 0.6) is 5.75 Å². The smallest absolute Gasteiger partial charge is 0.354 e. The number of carbonyl (C=O) groups excluding carboxylic acids is 2. The van der Waals surface area contributed by atoms with Crippen LogP contribution in [0.3, 0.4) is 0 Å². The second-order valence-corrected chi connectivity index (χ2v) is 7.33. The van der Waals surface area contributed by atoms with E-state index in [-0.39, 0.29) is 21.7 Å². The fraction of sp³-hybridized carbons (Fsp3) is 0.176. The van der Waals surface area contributed by atoms with E-state index in [2.05, 4.69) is 20.9 Å². The molecule has 26 heavy (non-hydrogen) atoms. The number of rotatable bonds is 3. The van der Waals surface area contributed by atoms with E-state index in [1.165, 1.54) is 30.1 Å². The average molecular weight is 437 g/mol. The number of benzene rings is 1. The normalized spacial score (nSPS) is 10.8. The third-order valence-corrected chi connectivity index (χ3v) is 5.42. The van der Waals surface area contributed by atoms with Gasteiger partial charge in [0.15, 0.2) is 0 Å². The molecule has 0 N–H and O–H groups in total. The molecule has 2 heterocycles. The van der Waals surface area contributed by atoms with Crippen LogP contribution in [-0.4, -0.2) is 28.6 Å². The van der Waals surface area contributed by atoms with Gasteiger partial charge in [0.1, 0.15) is 21.0 Å². The number of nitrogens with zero attached hydrogens (tertiary/aromatic N) is 2. The van der Waals surface area contributed by atoms with Crippen LogP contribution in [0.25, 0.3) is 10.2 Å². The number of esters is 2. The van der Waals surface area contributed by atoms with Gasteiger partial charge in [0.25, 0.3) is 5.56 Å². The lowest BCUT2D eigenvalue weighted by atomic mass is 10.2. The highest BCUT2D eigenvalue weighted by atomic mass is 79.9. The summed E-state index contributed by atoms with van der Waals surface area (Å²) in [5.74, 6) is -1.22. The summed E-state index contributed by atoms with van der Waals surface area (Å²) in [6.07, 6.45) is 1.40. The molecular weight excluding hydrogens is 424 g/mol. The highest BCUT2D eigenvalue weighted by Gasteiger charge is 2.23. The molecule has 0 saturated carbocycles. The molecule has 2 aromatic heterocycles. The summed E-state index contributed by atoms with van der Waals surface area (Å²) in [6.45, 7) is 1.67. The van der Waals surface area contributed by atoms with Crippen molar-refractivity contribution in [1.29, 1.82) is 0 Å². The van der Waals surface area contributed by atoms with Crippen molar-refractivity contribution in [3.05, 3.63) is 55.4 Å². The minimum Gasteiger partial charge on any atom is -0.465 e. The maximum atomic E-state index is 12.6. The molecule has 0 aliphatic carbocycles. The quantitative estimate of drug-likeness (QED) is 0.463. The van der Waals surface area contributed by atoms with E-state index in [1.54, 1.807) is 20.0 Å². The molecule has 0 radical (unpaired) electrons. The van der Waals surface area contributed by atoms with Gasteiger partial charge in [0.2, 0.25) is 0 Å². The van der Waals surface area contributed by atoms with Crippen molar-refractivity contribution in [1.82, 2.24) is 9.55 Å². The van der Waals surface area contributed by atoms with E-state index in [4.69, 9.17) is 9.47 Å². The molecule has 0 aliphatic heterocycles. The maximum Gasteiger partial charge on any atom is 0.354 e. The summed E-state index contributed by atoms with van der Waals surface area (Å²) >= 11 is 4.34. The van der Waals surface area contributed by atoms with E-state index >= 15 is 0 Å². The Labute approximate surface area is 160 Å². The number of ether oxygens (including phenoxy) is 2. The Balaban J connectivity index is 2.03. The lowest BCUT2D eigenvalue weighted by molar-refractivity contribution is 0.0593. The molecule has 0 unspecified atom stereocenters. The molecule has 0 bridgehead atoms. The molecule has 7 nitrogen and oxygen atoms in total. The van der Waals surface area contributed by atoms with Gasteiger partial charge in [-0.2, -0.15) is 0 Å². The molecule has 1 aromatic carbocycles. The standard InChI is InChI=1S/C17H13BrN2O5S/c1-8-12-14(19-7-20(2)15(12)21)26-13(8)17(23)25-11-5-4-9(18)6-10(11)16(22)24-3/h4-7H,1-3H3. The molecule has 0 aliphatic rings. The van der Waals surface area contributed by atoms with Gasteiger partial charge in [0, 0.05) is 11.5 Å². The third kappa shape index (κ3) is 3.15. The number of hydrogen-bond donors (Lipinski definition) is 0. The zero-order valence-electron chi connectivity index (χ0n) is 14.0. The van der Waals surface area contributed by atoms with Crippen molar-refractivity contribution in [3.8, 4) is 5.75 Å². The molecule has 0 amide bonds. The first-order valence-corrected chi connectivity index (χ1v) is 8.99. The number of fused-ring (bicyclic) bond motifs is 1. The monoisotopic (exact) mass is 436 g/mol. The summed E-state index contributed by atoms with van der Waals surface area (Å²) in [7, 11) is 2.83. The van der Waals surface area contributed by atoms with Crippen LogP contribution in [0.1, 0.15) is 25.6 Å². The summed E-state index contributed by atoms with van der Waals surface area (Å²) in [5, 5.41) is 0.385. The Morgan fingerprint density at radius 1 is 1.27 bits per heavy atom. The Morgan fingerprint density at radius 2 is 2.00 bits per heavy atom. The zero-order valence-corrected chi connectivity index (χ0v) is 16.4. The van der Waals surface area contributed by atoms with Crippen LogP contribution in [-0.2, 0) is 11.8 Å². The molecule has 0 spiro atoms. The maximum absolute atomic E-state index is 12.6. The number of hydrogen-bond acceptors (Lipinski definition) is 7. The molecule has 0 saturated heterocycles. The van der Waals surface area contributed by atoms with E-state index in [0.717, 1.165) is 11.3 Å². The first-order chi connectivity index (χ1) is 12.3. The van der Waals surface area contributed by atoms with Crippen molar-refractivity contribution in [2.45, 2.75) is 6.92 Å². The van der Waals surface area contributed by atoms with Gasteiger partial charge < -0.3 is 14.0 Å². The Morgan fingerprint density at radius 3 is 2.69 bits per heavy atom. The average Bonchev–Trinajstić information content (AvgIpc) is 2.96. The highest BCUT2D eigenvalue weighted by Crippen LogP contribution is 2.30. The number of methoxy groups -OCH3 is 1. The van der Waals surface area contributed by atoms with Gasteiger partial charge >= 0.3 is 11.9 Å². The van der Waals surface area contributed by atoms with Crippen molar-refractivity contribution >= 4 is 49.4 Å². The van der Waals surface area contributed by atoms with E-state index < -0.39 is 11.9 Å². The van der Waals surface area contributed by atoms with Crippen LogP contribution in [0, 0.1) is 6.92 Å². The second-order valence-electron chi connectivity index (χ2n) is 5.42. The summed E-state index contributed by atoms with van der Waals surface area (Å²) in [4.78, 5) is 41.7. The number of halogens is 1. The fourth-order valence-corrected chi connectivity index (χ4v) is 3.79. The minimum absolute atomic E-state index is 0.0720. The van der Waals surface area contributed by atoms with Gasteiger partial charge in [0.05, 0.1) is 18.8 Å². The molecule has 3 aromatic rings. The zero-order chi connectivity index (χ0) is 19.0. The number of aryl methyl sites for hydroxylation is 2. The summed E-state index contributed by atoms with van der Waals surface area (Å²) in [5.41, 5.74) is 0.380. The van der Waals surface area contributed by atoms with Crippen LogP contribution in [0.2, 0.25) is 0 Å². The Bertz CT molecular complexity index is 1100. The van der Waals surface area contributed by atoms with E-state index in [1.807, 2.05) is 0 Å². The molecule has 9 heteroatoms. The first kappa shape index (κ1) is 18.3. The number of carbonyl (C=O) groups is 2. The number of aromatic nitrogens is 2. The van der Waals surface area contributed by atoms with Crippen molar-refractivity contribution in [3.63, 3.8) is 0 Å². The molecule has 0 atom stereocenters. The number of thiophene rings is 1. The lowest BCUT2D eigenvalue weighted by Crippen LogP contribution is -2.17. The van der Waals surface area contributed by atoms with Crippen LogP contribution >= 0.6 is 27.3 Å². The van der Waals surface area contributed by atoms with Crippen molar-refractivity contribution in [2.75, 3.05) is 7.11 Å². The topological polar surface area (TPSA) is 87.5 Å². The first-order valence-electron chi connectivity index (χ1n) is 7.38. The van der Waals surface area contributed by atoms with Crippen LogP contribution in [0.4, 0.5) is 0 Å². The molecule has 3 rings (SSSR count). The van der Waals surface area contributed by atoms with Crippen molar-refractivity contribution < 1.29 is 19.1 Å². The third-order valence-electron chi connectivity index (χ3n) is 3.75. The largest absolute Gasteiger partial charge is 0.465 e. The predicted molar refractivity (Wildman–Crippen MR) is 100 cm³/mol. The Kier molecular flexibility index (Phi) is 4.92. The van der Waals surface area contributed by atoms with Gasteiger partial charge in [-0.25, -0.2) is 14.6 Å². The fourth-order valence-electron chi connectivity index (χ4n) is 2.41.